The molecule has 0 aliphatic carbocycles. The molecule has 3 aromatic rings. The van der Waals surface area contributed by atoms with E-state index in [4.69, 9.17) is 16.3 Å². The number of halogens is 1. The van der Waals surface area contributed by atoms with Crippen LogP contribution in [0.25, 0.3) is 0 Å². The molecule has 0 saturated carbocycles. The van der Waals surface area contributed by atoms with Gasteiger partial charge in [0.25, 0.3) is 5.91 Å². The molecule has 4 rings (SSSR count). The van der Waals surface area contributed by atoms with Crippen molar-refractivity contribution in [1.82, 2.24) is 4.98 Å². The fraction of sp³-hybridized carbons (Fsp3) is 0.190. The smallest absolute Gasteiger partial charge is 0.339 e. The van der Waals surface area contributed by atoms with Crippen molar-refractivity contribution in [2.45, 2.75) is 25.4 Å². The van der Waals surface area contributed by atoms with Crippen LogP contribution < -0.4 is 5.32 Å². The van der Waals surface area contributed by atoms with Crippen molar-refractivity contribution in [2.75, 3.05) is 5.32 Å². The zero-order chi connectivity index (χ0) is 19.7. The van der Waals surface area contributed by atoms with Gasteiger partial charge < -0.3 is 4.74 Å². The Morgan fingerprint density at radius 1 is 1.25 bits per heavy atom. The van der Waals surface area contributed by atoms with Crippen molar-refractivity contribution < 1.29 is 14.3 Å². The highest BCUT2D eigenvalue weighted by Crippen LogP contribution is 2.30. The highest BCUT2D eigenvalue weighted by atomic mass is 35.5. The molecule has 1 aliphatic rings. The number of rotatable bonds is 4. The van der Waals surface area contributed by atoms with Gasteiger partial charge in [0.15, 0.2) is 10.7 Å². The van der Waals surface area contributed by atoms with Gasteiger partial charge in [-0.3, -0.25) is 10.1 Å². The Balaban J connectivity index is 1.48. The van der Waals surface area contributed by atoms with E-state index in [9.17, 15) is 9.59 Å². The van der Waals surface area contributed by atoms with Crippen LogP contribution in [0.4, 0.5) is 5.13 Å². The number of thiazole rings is 1. The van der Waals surface area contributed by atoms with E-state index in [0.29, 0.717) is 28.6 Å². The number of cyclic esters (lactones) is 1. The Hall–Kier alpha value is -2.70. The number of aromatic nitrogens is 1. The minimum atomic E-state index is -1.28. The number of nitrogens with zero attached hydrogens (tertiary/aromatic N) is 1. The van der Waals surface area contributed by atoms with Crippen molar-refractivity contribution in [3.63, 3.8) is 0 Å². The van der Waals surface area contributed by atoms with E-state index in [1.165, 1.54) is 11.3 Å². The molecule has 0 spiro atoms. The van der Waals surface area contributed by atoms with Gasteiger partial charge in [0.1, 0.15) is 0 Å². The number of hydrogen-bond acceptors (Lipinski definition) is 5. The lowest BCUT2D eigenvalue weighted by atomic mass is 9.89. The van der Waals surface area contributed by atoms with Crippen LogP contribution in [0.2, 0.25) is 5.02 Å². The van der Waals surface area contributed by atoms with Gasteiger partial charge in [0.2, 0.25) is 0 Å². The molecule has 0 fully saturated rings. The van der Waals surface area contributed by atoms with Crippen LogP contribution in [0.15, 0.2) is 54.7 Å². The second-order valence-corrected chi connectivity index (χ2v) is 8.33. The second-order valence-electron chi connectivity index (χ2n) is 6.81. The number of carbonyl (C=O) groups excluding carboxylic acids is 2. The normalized spacial score (nSPS) is 18.3. The van der Waals surface area contributed by atoms with Crippen LogP contribution in [0.1, 0.15) is 33.3 Å². The SMILES string of the molecule is C[C@]1(C(=O)Nc2ncc(Cc3ccccc3Cl)s2)Cc2ccccc2C(=O)O1. The van der Waals surface area contributed by atoms with Crippen LogP contribution in [-0.4, -0.2) is 22.5 Å². The summed E-state index contributed by atoms with van der Waals surface area (Å²) in [5.74, 6) is -0.882. The van der Waals surface area contributed by atoms with E-state index in [1.54, 1.807) is 25.3 Å². The van der Waals surface area contributed by atoms with Crippen molar-refractivity contribution in [3.8, 4) is 0 Å². The number of anilines is 1. The van der Waals surface area contributed by atoms with Crippen molar-refractivity contribution in [3.05, 3.63) is 81.3 Å². The lowest BCUT2D eigenvalue weighted by Crippen LogP contribution is -2.48. The first-order valence-electron chi connectivity index (χ1n) is 8.75. The van der Waals surface area contributed by atoms with Crippen molar-refractivity contribution in [2.24, 2.45) is 0 Å². The monoisotopic (exact) mass is 412 g/mol. The van der Waals surface area contributed by atoms with E-state index in [-0.39, 0.29) is 0 Å². The molecule has 1 aliphatic heterocycles. The summed E-state index contributed by atoms with van der Waals surface area (Å²) < 4.78 is 5.46. The maximum Gasteiger partial charge on any atom is 0.339 e. The summed E-state index contributed by atoms with van der Waals surface area (Å²) in [5.41, 5.74) is 1.02. The average Bonchev–Trinajstić information content (AvgIpc) is 3.10. The number of nitrogens with one attached hydrogen (secondary N) is 1. The third-order valence-electron chi connectivity index (χ3n) is 4.66. The molecule has 0 unspecified atom stereocenters. The lowest BCUT2D eigenvalue weighted by Gasteiger charge is -2.32. The minimum absolute atomic E-state index is 0.318. The molecule has 2 aromatic carbocycles. The van der Waals surface area contributed by atoms with E-state index in [0.717, 1.165) is 16.0 Å². The summed E-state index contributed by atoms with van der Waals surface area (Å²) in [6.45, 7) is 1.62. The van der Waals surface area contributed by atoms with Crippen molar-refractivity contribution >= 4 is 39.9 Å². The van der Waals surface area contributed by atoms with Gasteiger partial charge in [-0.2, -0.15) is 0 Å². The molecule has 5 nitrogen and oxygen atoms in total. The number of hydrogen-bond donors (Lipinski definition) is 1. The quantitative estimate of drug-likeness (QED) is 0.641. The Kier molecular flexibility index (Phi) is 4.91. The summed E-state index contributed by atoms with van der Waals surface area (Å²) in [6.07, 6.45) is 2.67. The molecule has 1 N–H and O–H groups in total. The number of esters is 1. The summed E-state index contributed by atoms with van der Waals surface area (Å²) in [5, 5.41) is 3.94. The van der Waals surface area contributed by atoms with Gasteiger partial charge in [-0.25, -0.2) is 9.78 Å². The first kappa shape index (κ1) is 18.7. The fourth-order valence-electron chi connectivity index (χ4n) is 3.17. The molecular formula is C21H17ClN2O3S. The Bertz CT molecular complexity index is 1070. The summed E-state index contributed by atoms with van der Waals surface area (Å²) in [7, 11) is 0. The Morgan fingerprint density at radius 2 is 2.00 bits per heavy atom. The van der Waals surface area contributed by atoms with Gasteiger partial charge in [-0.15, -0.1) is 11.3 Å². The third kappa shape index (κ3) is 3.66. The summed E-state index contributed by atoms with van der Waals surface area (Å²) in [6, 6.07) is 14.8. The zero-order valence-corrected chi connectivity index (χ0v) is 16.6. The summed E-state index contributed by atoms with van der Waals surface area (Å²) in [4.78, 5) is 30.3. The average molecular weight is 413 g/mol. The minimum Gasteiger partial charge on any atom is -0.445 e. The molecule has 1 aromatic heterocycles. The van der Waals surface area contributed by atoms with Crippen LogP contribution in [0, 0.1) is 0 Å². The standard InChI is InChI=1S/C21H17ClN2O3S/c1-21(11-14-7-2-4-8-16(14)18(25)27-21)19(26)24-20-23-12-15(28-20)10-13-6-3-5-9-17(13)22/h2-9,12H,10-11H2,1H3,(H,23,24,26)/t21-/m1/s1. The van der Waals surface area contributed by atoms with E-state index < -0.39 is 17.5 Å². The molecule has 28 heavy (non-hydrogen) atoms. The molecule has 2 heterocycles. The molecule has 1 atom stereocenters. The van der Waals surface area contributed by atoms with Gasteiger partial charge in [0.05, 0.1) is 5.56 Å². The molecule has 0 radical (unpaired) electrons. The Morgan fingerprint density at radius 3 is 2.82 bits per heavy atom. The van der Waals surface area contributed by atoms with Gasteiger partial charge in [-0.1, -0.05) is 48.0 Å². The molecule has 0 bridgehead atoms. The first-order valence-corrected chi connectivity index (χ1v) is 9.95. The summed E-state index contributed by atoms with van der Waals surface area (Å²) >= 11 is 7.58. The zero-order valence-electron chi connectivity index (χ0n) is 15.1. The molecule has 142 valence electrons. The first-order chi connectivity index (χ1) is 13.4. The van der Waals surface area contributed by atoms with E-state index in [1.807, 2.05) is 36.4 Å². The maximum absolute atomic E-state index is 12.8. The van der Waals surface area contributed by atoms with Crippen molar-refractivity contribution in [1.29, 1.82) is 0 Å². The third-order valence-corrected chi connectivity index (χ3v) is 5.94. The second kappa shape index (κ2) is 7.37. The molecule has 1 amide bonds. The highest BCUT2D eigenvalue weighted by molar-refractivity contribution is 7.15. The number of fused-ring (bicyclic) bond motifs is 1. The number of benzene rings is 2. The highest BCUT2D eigenvalue weighted by Gasteiger charge is 2.42. The van der Waals surface area contributed by atoms with Gasteiger partial charge >= 0.3 is 5.97 Å². The Labute approximate surface area is 171 Å². The number of carbonyl (C=O) groups is 2. The number of amides is 1. The molecule has 7 heteroatoms. The predicted octanol–water partition coefficient (Wildman–Crippen LogP) is 4.50. The maximum atomic E-state index is 12.8. The van der Waals surface area contributed by atoms with Crippen LogP contribution in [0.5, 0.6) is 0 Å². The number of ether oxygens (including phenoxy) is 1. The van der Waals surface area contributed by atoms with E-state index >= 15 is 0 Å². The van der Waals surface area contributed by atoms with Crippen LogP contribution in [0.3, 0.4) is 0 Å². The molecule has 0 saturated heterocycles. The molecular weight excluding hydrogens is 396 g/mol. The lowest BCUT2D eigenvalue weighted by molar-refractivity contribution is -0.134. The van der Waals surface area contributed by atoms with Gasteiger partial charge in [0, 0.05) is 28.9 Å². The largest absolute Gasteiger partial charge is 0.445 e. The van der Waals surface area contributed by atoms with E-state index in [2.05, 4.69) is 10.3 Å². The van der Waals surface area contributed by atoms with Crippen LogP contribution >= 0.6 is 22.9 Å². The fourth-order valence-corrected chi connectivity index (χ4v) is 4.20. The topological polar surface area (TPSA) is 68.3 Å². The van der Waals surface area contributed by atoms with Gasteiger partial charge in [-0.05, 0) is 30.2 Å². The predicted molar refractivity (Wildman–Crippen MR) is 109 cm³/mol. The van der Waals surface area contributed by atoms with Crippen LogP contribution in [-0.2, 0) is 22.4 Å².